The first kappa shape index (κ1) is 14.7. The highest BCUT2D eigenvalue weighted by molar-refractivity contribution is 6.02. The molecule has 0 fully saturated rings. The third-order valence-corrected chi connectivity index (χ3v) is 2.47. The number of hydrogen-bond donors (Lipinski definition) is 2. The van der Waals surface area contributed by atoms with Gasteiger partial charge in [-0.3, -0.25) is 4.79 Å². The van der Waals surface area contributed by atoms with Gasteiger partial charge in [0.1, 0.15) is 11.5 Å². The van der Waals surface area contributed by atoms with Crippen molar-refractivity contribution in [3.63, 3.8) is 0 Å². The SMILES string of the molecule is CNc1ccc(C(=O)Nc2ccc(C(F)(F)F)nc2)nn1. The minimum atomic E-state index is -4.52. The monoisotopic (exact) mass is 297 g/mol. The number of alkyl halides is 3. The number of aromatic nitrogens is 3. The summed E-state index contributed by atoms with van der Waals surface area (Å²) in [5.74, 6) is -0.102. The van der Waals surface area contributed by atoms with Gasteiger partial charge < -0.3 is 10.6 Å². The molecule has 0 aromatic carbocycles. The van der Waals surface area contributed by atoms with E-state index in [4.69, 9.17) is 0 Å². The fourth-order valence-corrected chi connectivity index (χ4v) is 1.42. The lowest BCUT2D eigenvalue weighted by Crippen LogP contribution is -2.15. The first-order valence-corrected chi connectivity index (χ1v) is 5.76. The second-order valence-electron chi connectivity index (χ2n) is 3.94. The quantitative estimate of drug-likeness (QED) is 0.907. The summed E-state index contributed by atoms with van der Waals surface area (Å²) in [5.41, 5.74) is -0.861. The third kappa shape index (κ3) is 3.65. The normalized spacial score (nSPS) is 11.0. The van der Waals surface area contributed by atoms with Gasteiger partial charge in [-0.2, -0.15) is 13.2 Å². The smallest absolute Gasteiger partial charge is 0.372 e. The Kier molecular flexibility index (Phi) is 4.01. The third-order valence-electron chi connectivity index (χ3n) is 2.47. The molecule has 0 unspecified atom stereocenters. The fourth-order valence-electron chi connectivity index (χ4n) is 1.42. The average molecular weight is 297 g/mol. The Morgan fingerprint density at radius 3 is 2.38 bits per heavy atom. The molecule has 0 aliphatic rings. The molecule has 0 saturated carbocycles. The zero-order chi connectivity index (χ0) is 15.5. The van der Waals surface area contributed by atoms with Gasteiger partial charge in [-0.15, -0.1) is 10.2 Å². The lowest BCUT2D eigenvalue weighted by molar-refractivity contribution is -0.141. The Morgan fingerprint density at radius 2 is 1.90 bits per heavy atom. The van der Waals surface area contributed by atoms with Crippen molar-refractivity contribution in [2.75, 3.05) is 17.7 Å². The Balaban J connectivity index is 2.08. The molecule has 110 valence electrons. The van der Waals surface area contributed by atoms with Gasteiger partial charge in [0.05, 0.1) is 11.9 Å². The summed E-state index contributed by atoms with van der Waals surface area (Å²) >= 11 is 0. The van der Waals surface area contributed by atoms with Gasteiger partial charge in [-0.1, -0.05) is 0 Å². The van der Waals surface area contributed by atoms with E-state index < -0.39 is 17.8 Å². The summed E-state index contributed by atoms with van der Waals surface area (Å²) in [4.78, 5) is 15.0. The molecule has 0 spiro atoms. The van der Waals surface area contributed by atoms with Crippen molar-refractivity contribution in [2.45, 2.75) is 6.18 Å². The van der Waals surface area contributed by atoms with E-state index >= 15 is 0 Å². The highest BCUT2D eigenvalue weighted by atomic mass is 19.4. The van der Waals surface area contributed by atoms with E-state index in [0.29, 0.717) is 5.82 Å². The van der Waals surface area contributed by atoms with Gasteiger partial charge in [-0.05, 0) is 24.3 Å². The molecule has 9 heteroatoms. The van der Waals surface area contributed by atoms with Crippen molar-refractivity contribution in [1.29, 1.82) is 0 Å². The number of pyridine rings is 1. The van der Waals surface area contributed by atoms with E-state index in [1.54, 1.807) is 13.1 Å². The predicted molar refractivity (Wildman–Crippen MR) is 68.8 cm³/mol. The Morgan fingerprint density at radius 1 is 1.14 bits per heavy atom. The number of hydrogen-bond acceptors (Lipinski definition) is 5. The molecule has 0 aliphatic carbocycles. The molecule has 2 aromatic rings. The Hall–Kier alpha value is -2.71. The van der Waals surface area contributed by atoms with Gasteiger partial charge in [0.2, 0.25) is 0 Å². The Labute approximate surface area is 117 Å². The Bertz CT molecular complexity index is 625. The van der Waals surface area contributed by atoms with Gasteiger partial charge in [0.15, 0.2) is 5.69 Å². The molecule has 0 saturated heterocycles. The van der Waals surface area contributed by atoms with Crippen molar-refractivity contribution in [3.05, 3.63) is 41.9 Å². The summed E-state index contributed by atoms with van der Waals surface area (Å²) in [6.45, 7) is 0. The number of nitrogens with zero attached hydrogens (tertiary/aromatic N) is 3. The van der Waals surface area contributed by atoms with Crippen LogP contribution in [0, 0.1) is 0 Å². The lowest BCUT2D eigenvalue weighted by Gasteiger charge is -2.07. The topological polar surface area (TPSA) is 79.8 Å². The summed E-state index contributed by atoms with van der Waals surface area (Å²) < 4.78 is 37.0. The molecule has 0 bridgehead atoms. The van der Waals surface area contributed by atoms with Crippen molar-refractivity contribution in [2.24, 2.45) is 0 Å². The van der Waals surface area contributed by atoms with Gasteiger partial charge in [0.25, 0.3) is 5.91 Å². The summed E-state index contributed by atoms with van der Waals surface area (Å²) in [6, 6.07) is 4.88. The van der Waals surface area contributed by atoms with Crippen LogP contribution in [-0.4, -0.2) is 28.1 Å². The maximum absolute atomic E-state index is 12.3. The summed E-state index contributed by atoms with van der Waals surface area (Å²) in [5, 5.41) is 12.5. The number of amides is 1. The summed E-state index contributed by atoms with van der Waals surface area (Å²) in [6.07, 6.45) is -3.59. The zero-order valence-electron chi connectivity index (χ0n) is 10.8. The van der Waals surface area contributed by atoms with Crippen LogP contribution in [0.2, 0.25) is 0 Å². The van der Waals surface area contributed by atoms with E-state index in [9.17, 15) is 18.0 Å². The predicted octanol–water partition coefficient (Wildman–Crippen LogP) is 2.18. The molecule has 2 heterocycles. The number of anilines is 2. The lowest BCUT2D eigenvalue weighted by atomic mass is 10.3. The first-order valence-electron chi connectivity index (χ1n) is 5.76. The molecule has 2 rings (SSSR count). The van der Waals surface area contributed by atoms with E-state index in [1.165, 1.54) is 6.07 Å². The average Bonchev–Trinajstić information content (AvgIpc) is 2.47. The van der Waals surface area contributed by atoms with Gasteiger partial charge >= 0.3 is 6.18 Å². The van der Waals surface area contributed by atoms with Crippen LogP contribution in [0.5, 0.6) is 0 Å². The first-order chi connectivity index (χ1) is 9.90. The standard InChI is InChI=1S/C12H10F3N5O/c1-16-10-5-3-8(19-20-10)11(21)18-7-2-4-9(17-6-7)12(13,14)15/h2-6H,1H3,(H,16,20)(H,18,21). The molecular weight excluding hydrogens is 287 g/mol. The molecule has 1 amide bonds. The maximum atomic E-state index is 12.3. The minimum absolute atomic E-state index is 0.0360. The highest BCUT2D eigenvalue weighted by Crippen LogP contribution is 2.27. The largest absolute Gasteiger partial charge is 0.433 e. The highest BCUT2D eigenvalue weighted by Gasteiger charge is 2.32. The van der Waals surface area contributed by atoms with Crippen LogP contribution >= 0.6 is 0 Å². The van der Waals surface area contributed by atoms with Crippen LogP contribution in [0.4, 0.5) is 24.7 Å². The van der Waals surface area contributed by atoms with Crippen LogP contribution < -0.4 is 10.6 Å². The molecule has 2 N–H and O–H groups in total. The van der Waals surface area contributed by atoms with Crippen LogP contribution in [0.25, 0.3) is 0 Å². The van der Waals surface area contributed by atoms with E-state index in [0.717, 1.165) is 18.3 Å². The van der Waals surface area contributed by atoms with E-state index in [1.807, 2.05) is 0 Å². The van der Waals surface area contributed by atoms with Crippen LogP contribution in [0.1, 0.15) is 16.2 Å². The van der Waals surface area contributed by atoms with Gasteiger partial charge in [0, 0.05) is 7.05 Å². The zero-order valence-corrected chi connectivity index (χ0v) is 10.8. The minimum Gasteiger partial charge on any atom is -0.372 e. The maximum Gasteiger partial charge on any atom is 0.433 e. The number of rotatable bonds is 3. The molecule has 0 atom stereocenters. The van der Waals surface area contributed by atoms with Crippen molar-refractivity contribution in [1.82, 2.24) is 15.2 Å². The summed E-state index contributed by atoms with van der Waals surface area (Å²) in [7, 11) is 1.65. The van der Waals surface area contributed by atoms with Crippen LogP contribution in [0.15, 0.2) is 30.5 Å². The van der Waals surface area contributed by atoms with E-state index in [-0.39, 0.29) is 11.4 Å². The second kappa shape index (κ2) is 5.73. The number of carbonyl (C=O) groups is 1. The fraction of sp³-hybridized carbons (Fsp3) is 0.167. The van der Waals surface area contributed by atoms with Crippen molar-refractivity contribution >= 4 is 17.4 Å². The number of carbonyl (C=O) groups excluding carboxylic acids is 1. The number of halogens is 3. The van der Waals surface area contributed by atoms with Crippen LogP contribution in [0.3, 0.4) is 0 Å². The molecule has 2 aromatic heterocycles. The van der Waals surface area contributed by atoms with Gasteiger partial charge in [-0.25, -0.2) is 4.98 Å². The molecular formula is C12H10F3N5O. The molecule has 0 radical (unpaired) electrons. The number of nitrogens with one attached hydrogen (secondary N) is 2. The molecule has 6 nitrogen and oxygen atoms in total. The van der Waals surface area contributed by atoms with Crippen molar-refractivity contribution < 1.29 is 18.0 Å². The van der Waals surface area contributed by atoms with E-state index in [2.05, 4.69) is 25.8 Å². The van der Waals surface area contributed by atoms with Crippen LogP contribution in [-0.2, 0) is 6.18 Å². The second-order valence-corrected chi connectivity index (χ2v) is 3.94. The molecule has 0 aliphatic heterocycles. The molecule has 21 heavy (non-hydrogen) atoms. The van der Waals surface area contributed by atoms with Crippen molar-refractivity contribution in [3.8, 4) is 0 Å².